The van der Waals surface area contributed by atoms with Gasteiger partial charge in [0.25, 0.3) is 0 Å². The van der Waals surface area contributed by atoms with Crippen molar-refractivity contribution in [2.45, 2.75) is 66.0 Å². The smallest absolute Gasteiger partial charge is 0.410 e. The maximum absolute atomic E-state index is 13.3. The van der Waals surface area contributed by atoms with E-state index in [1.807, 2.05) is 39.0 Å². The summed E-state index contributed by atoms with van der Waals surface area (Å²) in [5, 5.41) is 13.9. The molecule has 0 radical (unpaired) electrons. The van der Waals surface area contributed by atoms with E-state index in [1.165, 1.54) is 27.2 Å². The zero-order valence-electron chi connectivity index (χ0n) is 25.8. The number of halogens is 1. The van der Waals surface area contributed by atoms with Gasteiger partial charge in [0.05, 0.1) is 37.0 Å². The van der Waals surface area contributed by atoms with E-state index >= 15 is 0 Å². The van der Waals surface area contributed by atoms with Gasteiger partial charge in [0.15, 0.2) is 11.5 Å². The zero-order valence-corrected chi connectivity index (χ0v) is 27.4. The third kappa shape index (κ3) is 9.84. The van der Waals surface area contributed by atoms with Crippen LogP contribution < -0.4 is 14.8 Å². The molecule has 1 amide bonds. The molecular weight excluding hydrogens is 632 g/mol. The van der Waals surface area contributed by atoms with Crippen LogP contribution in [0.2, 0.25) is 0 Å². The minimum Gasteiger partial charge on any atom is -0.493 e. The average Bonchev–Trinajstić information content (AvgIpc) is 2.93. The van der Waals surface area contributed by atoms with E-state index in [4.69, 9.17) is 18.9 Å². The molecule has 0 saturated carbocycles. The standard InChI is InChI=1S/C32H37BrN4O7/c1-20(38)42-13-9-7-8-12-37(31(40)44-32(3,4)5)19-22-10-11-24(33)14-26(22)36-30-23(17-34)18-35-27-16-28(41-6)29(15-25(27)30)43-21(2)39/h10-11,14-16,18H,7-9,12-13,19H2,1-6H3,(H,35,36). The number of nitrogens with one attached hydrogen (secondary N) is 1. The lowest BCUT2D eigenvalue weighted by molar-refractivity contribution is -0.141. The van der Waals surface area contributed by atoms with Crippen molar-refractivity contribution in [1.29, 1.82) is 5.26 Å². The fourth-order valence-corrected chi connectivity index (χ4v) is 4.68. The number of fused-ring (bicyclic) bond motifs is 1. The number of anilines is 2. The van der Waals surface area contributed by atoms with Crippen LogP contribution in [0.25, 0.3) is 10.9 Å². The minimum atomic E-state index is -0.691. The topological polar surface area (TPSA) is 140 Å². The number of hydrogen-bond acceptors (Lipinski definition) is 10. The highest BCUT2D eigenvalue weighted by atomic mass is 79.9. The quantitative estimate of drug-likeness (QED) is 0.122. The van der Waals surface area contributed by atoms with E-state index in [0.29, 0.717) is 54.0 Å². The van der Waals surface area contributed by atoms with Gasteiger partial charge in [0.2, 0.25) is 0 Å². The largest absolute Gasteiger partial charge is 0.493 e. The van der Waals surface area contributed by atoms with Gasteiger partial charge >= 0.3 is 18.0 Å². The number of nitrogens with zero attached hydrogens (tertiary/aromatic N) is 3. The third-order valence-electron chi connectivity index (χ3n) is 6.25. The van der Waals surface area contributed by atoms with Crippen molar-refractivity contribution in [3.05, 3.63) is 52.1 Å². The van der Waals surface area contributed by atoms with Gasteiger partial charge in [-0.3, -0.25) is 14.6 Å². The Bertz CT molecular complexity index is 1560. The summed E-state index contributed by atoms with van der Waals surface area (Å²) in [6.07, 6.45) is 3.10. The Morgan fingerprint density at radius 1 is 1.05 bits per heavy atom. The summed E-state index contributed by atoms with van der Waals surface area (Å²) in [6, 6.07) is 11.0. The maximum atomic E-state index is 13.3. The molecule has 12 heteroatoms. The van der Waals surface area contributed by atoms with Gasteiger partial charge in [-0.2, -0.15) is 5.26 Å². The van der Waals surface area contributed by atoms with E-state index < -0.39 is 17.7 Å². The van der Waals surface area contributed by atoms with Gasteiger partial charge in [-0.15, -0.1) is 0 Å². The Morgan fingerprint density at radius 3 is 2.43 bits per heavy atom. The number of hydrogen-bond donors (Lipinski definition) is 1. The number of methoxy groups -OCH3 is 1. The molecule has 2 aromatic carbocycles. The second-order valence-electron chi connectivity index (χ2n) is 11.0. The zero-order chi connectivity index (χ0) is 32.4. The summed E-state index contributed by atoms with van der Waals surface area (Å²) in [5.41, 5.74) is 1.93. The van der Waals surface area contributed by atoms with E-state index in [0.717, 1.165) is 16.5 Å². The van der Waals surface area contributed by atoms with Crippen molar-refractivity contribution in [2.24, 2.45) is 0 Å². The number of carbonyl (C=O) groups is 3. The van der Waals surface area contributed by atoms with Crippen molar-refractivity contribution in [3.8, 4) is 17.6 Å². The molecule has 44 heavy (non-hydrogen) atoms. The highest BCUT2D eigenvalue weighted by Gasteiger charge is 2.24. The fourth-order valence-electron chi connectivity index (χ4n) is 4.32. The van der Waals surface area contributed by atoms with Crippen LogP contribution in [0.3, 0.4) is 0 Å². The number of aromatic nitrogens is 1. The molecule has 0 bridgehead atoms. The van der Waals surface area contributed by atoms with Crippen LogP contribution >= 0.6 is 15.9 Å². The van der Waals surface area contributed by atoms with Crippen molar-refractivity contribution in [2.75, 3.05) is 25.6 Å². The van der Waals surface area contributed by atoms with Crippen molar-refractivity contribution in [1.82, 2.24) is 9.88 Å². The minimum absolute atomic E-state index is 0.187. The first-order chi connectivity index (χ1) is 20.8. The van der Waals surface area contributed by atoms with Gasteiger partial charge in [0, 0.05) is 48.2 Å². The fraction of sp³-hybridized carbons (Fsp3) is 0.406. The van der Waals surface area contributed by atoms with Crippen LogP contribution in [-0.2, 0) is 25.6 Å². The summed E-state index contributed by atoms with van der Waals surface area (Å²) in [7, 11) is 1.46. The van der Waals surface area contributed by atoms with Gasteiger partial charge in [-0.05, 0) is 63.8 Å². The molecular formula is C32H37BrN4O7. The predicted molar refractivity (Wildman–Crippen MR) is 169 cm³/mol. The van der Waals surface area contributed by atoms with Gasteiger partial charge in [-0.1, -0.05) is 22.0 Å². The Hall–Kier alpha value is -4.37. The molecule has 0 fully saturated rings. The van der Waals surface area contributed by atoms with Gasteiger partial charge < -0.3 is 29.2 Å². The van der Waals surface area contributed by atoms with E-state index in [2.05, 4.69) is 32.3 Å². The van der Waals surface area contributed by atoms with E-state index in [9.17, 15) is 19.6 Å². The number of benzene rings is 2. The van der Waals surface area contributed by atoms with Crippen molar-refractivity contribution in [3.63, 3.8) is 0 Å². The average molecular weight is 670 g/mol. The van der Waals surface area contributed by atoms with E-state index in [1.54, 1.807) is 17.0 Å². The number of pyridine rings is 1. The molecule has 11 nitrogen and oxygen atoms in total. The van der Waals surface area contributed by atoms with Crippen LogP contribution in [0, 0.1) is 11.3 Å². The molecule has 0 atom stereocenters. The molecule has 0 aliphatic rings. The first kappa shape index (κ1) is 34.1. The highest BCUT2D eigenvalue weighted by Crippen LogP contribution is 2.38. The van der Waals surface area contributed by atoms with Gasteiger partial charge in [0.1, 0.15) is 11.7 Å². The lowest BCUT2D eigenvalue weighted by Gasteiger charge is -2.28. The molecule has 234 valence electrons. The third-order valence-corrected chi connectivity index (χ3v) is 6.74. The Morgan fingerprint density at radius 2 is 1.80 bits per heavy atom. The van der Waals surface area contributed by atoms with Crippen LogP contribution in [0.15, 0.2) is 41.0 Å². The summed E-state index contributed by atoms with van der Waals surface area (Å²) in [6.45, 7) is 9.05. The SMILES string of the molecule is COc1cc2ncc(C#N)c(Nc3cc(Br)ccc3CN(CCCCCOC(C)=O)C(=O)OC(C)(C)C)c2cc1OC(C)=O. The lowest BCUT2D eigenvalue weighted by atomic mass is 10.1. The molecule has 3 rings (SSSR count). The molecule has 1 heterocycles. The van der Waals surface area contributed by atoms with Gasteiger partial charge in [-0.25, -0.2) is 4.79 Å². The van der Waals surface area contributed by atoms with E-state index in [-0.39, 0.29) is 23.8 Å². The normalized spacial score (nSPS) is 11.0. The Labute approximate surface area is 265 Å². The first-order valence-electron chi connectivity index (χ1n) is 14.1. The maximum Gasteiger partial charge on any atom is 0.410 e. The highest BCUT2D eigenvalue weighted by molar-refractivity contribution is 9.10. The number of amides is 1. The Kier molecular flexibility index (Phi) is 11.9. The van der Waals surface area contributed by atoms with Crippen LogP contribution in [-0.4, -0.2) is 53.8 Å². The molecule has 0 spiro atoms. The summed E-state index contributed by atoms with van der Waals surface area (Å²) >= 11 is 3.53. The van der Waals surface area contributed by atoms with Crippen LogP contribution in [0.4, 0.5) is 16.2 Å². The molecule has 3 aromatic rings. The molecule has 1 aromatic heterocycles. The molecule has 0 aliphatic carbocycles. The number of rotatable bonds is 12. The molecule has 0 unspecified atom stereocenters. The second-order valence-corrected chi connectivity index (χ2v) is 11.9. The second kappa shape index (κ2) is 15.4. The first-order valence-corrected chi connectivity index (χ1v) is 14.9. The van der Waals surface area contributed by atoms with Crippen molar-refractivity contribution >= 4 is 56.2 Å². The lowest BCUT2D eigenvalue weighted by Crippen LogP contribution is -2.37. The number of carbonyl (C=O) groups excluding carboxylic acids is 3. The van der Waals surface area contributed by atoms with Crippen LogP contribution in [0.1, 0.15) is 65.0 Å². The Balaban J connectivity index is 1.99. The molecule has 1 N–H and O–H groups in total. The predicted octanol–water partition coefficient (Wildman–Crippen LogP) is 7.02. The summed E-state index contributed by atoms with van der Waals surface area (Å²) < 4.78 is 22.3. The number of ether oxygens (including phenoxy) is 4. The van der Waals surface area contributed by atoms with Crippen LogP contribution in [0.5, 0.6) is 11.5 Å². The molecule has 0 aliphatic heterocycles. The number of esters is 2. The monoisotopic (exact) mass is 668 g/mol. The molecule has 0 saturated heterocycles. The summed E-state index contributed by atoms with van der Waals surface area (Å²) in [4.78, 5) is 42.1. The number of unbranched alkanes of at least 4 members (excludes halogenated alkanes) is 2. The summed E-state index contributed by atoms with van der Waals surface area (Å²) in [5.74, 6) is -0.338. The number of nitriles is 1. The van der Waals surface area contributed by atoms with Crippen molar-refractivity contribution < 1.29 is 33.3 Å².